The Morgan fingerprint density at radius 1 is 0.306 bits per heavy atom. The maximum Gasteiger partial charge on any atom is 0.306 e. The second kappa shape index (κ2) is 60.4. The van der Waals surface area contributed by atoms with E-state index in [4.69, 9.17) is 14.2 Å². The predicted octanol–water partition coefficient (Wildman–Crippen LogP) is 20.9. The van der Waals surface area contributed by atoms with Crippen molar-refractivity contribution >= 4 is 17.9 Å². The second-order valence-electron chi connectivity index (χ2n) is 20.6. The molecule has 0 fully saturated rings. The first-order valence-corrected chi connectivity index (χ1v) is 31.0. The number of carbonyl (C=O) groups is 3. The zero-order valence-electron chi connectivity index (χ0n) is 47.7. The summed E-state index contributed by atoms with van der Waals surface area (Å²) in [5.74, 6) is -0.881. The summed E-state index contributed by atoms with van der Waals surface area (Å²) in [5.41, 5.74) is 0. The summed E-state index contributed by atoms with van der Waals surface area (Å²) in [6, 6.07) is 0. The highest BCUT2D eigenvalue weighted by Crippen LogP contribution is 2.17. The summed E-state index contributed by atoms with van der Waals surface area (Å²) in [4.78, 5) is 38.3. The molecular formula is C66H116O6. The molecule has 0 radical (unpaired) electrons. The minimum Gasteiger partial charge on any atom is -0.462 e. The van der Waals surface area contributed by atoms with Crippen molar-refractivity contribution in [1.29, 1.82) is 0 Å². The lowest BCUT2D eigenvalue weighted by molar-refractivity contribution is -0.167. The molecule has 6 heteroatoms. The lowest BCUT2D eigenvalue weighted by atomic mass is 10.0. The van der Waals surface area contributed by atoms with Gasteiger partial charge in [0, 0.05) is 19.3 Å². The second-order valence-corrected chi connectivity index (χ2v) is 20.6. The Kier molecular flexibility index (Phi) is 57.8. The van der Waals surface area contributed by atoms with Crippen molar-refractivity contribution in [2.24, 2.45) is 0 Å². The van der Waals surface area contributed by atoms with Gasteiger partial charge in [-0.25, -0.2) is 0 Å². The molecule has 0 rings (SSSR count). The predicted molar refractivity (Wildman–Crippen MR) is 311 cm³/mol. The van der Waals surface area contributed by atoms with E-state index in [2.05, 4.69) is 93.7 Å². The molecule has 6 nitrogen and oxygen atoms in total. The minimum absolute atomic E-state index is 0.0785. The number of rotatable bonds is 56. The van der Waals surface area contributed by atoms with Crippen LogP contribution >= 0.6 is 0 Å². The van der Waals surface area contributed by atoms with Gasteiger partial charge in [0.05, 0.1) is 0 Å². The molecule has 0 amide bonds. The van der Waals surface area contributed by atoms with Gasteiger partial charge in [-0.3, -0.25) is 14.4 Å². The van der Waals surface area contributed by atoms with Crippen molar-refractivity contribution in [1.82, 2.24) is 0 Å². The summed E-state index contributed by atoms with van der Waals surface area (Å²) in [6.45, 7) is 6.52. The summed E-state index contributed by atoms with van der Waals surface area (Å²) in [5, 5.41) is 0. The van der Waals surface area contributed by atoms with Gasteiger partial charge in [0.25, 0.3) is 0 Å². The number of hydrogen-bond acceptors (Lipinski definition) is 6. The standard InChI is InChI=1S/C66H116O6/c1-4-7-10-13-16-19-22-25-28-31-33-35-38-41-44-47-50-53-56-59-65(68)71-62-63(61-70-64(67)58-55-52-49-46-43-40-37-30-27-24-21-18-15-12-9-6-3)72-66(69)60-57-54-51-48-45-42-39-36-34-32-29-26-23-20-17-14-11-8-5-2/h7,10,16-17,19-20,23,25-26,28,33,35,63H,4-6,8-9,11-15,18,21-22,24,27,29-32,34,36-62H2,1-3H3/b10-7-,19-16-,20-17-,26-23-,28-25-,35-33-. The average molecular weight is 1010 g/mol. The SMILES string of the molecule is CC/C=C\C/C=C\C/C=C\C/C=C\CCCCCCCCC(=O)OCC(COC(=O)CCCCCCCCCCCCCCCCCC)OC(=O)CCCCCCCCCCCC/C=C\C=C/CCCCC. The van der Waals surface area contributed by atoms with Crippen LogP contribution < -0.4 is 0 Å². The Labute approximate surface area is 446 Å². The van der Waals surface area contributed by atoms with Crippen LogP contribution in [0.5, 0.6) is 0 Å². The number of allylic oxidation sites excluding steroid dienone is 12. The van der Waals surface area contributed by atoms with E-state index in [1.54, 1.807) is 0 Å². The zero-order chi connectivity index (χ0) is 52.2. The molecule has 72 heavy (non-hydrogen) atoms. The van der Waals surface area contributed by atoms with E-state index in [0.717, 1.165) is 89.9 Å². The van der Waals surface area contributed by atoms with E-state index in [0.29, 0.717) is 19.3 Å². The highest BCUT2D eigenvalue weighted by atomic mass is 16.6. The Morgan fingerprint density at radius 3 is 0.958 bits per heavy atom. The van der Waals surface area contributed by atoms with Crippen LogP contribution in [0, 0.1) is 0 Å². The number of carbonyl (C=O) groups excluding carboxylic acids is 3. The van der Waals surface area contributed by atoms with E-state index in [-0.39, 0.29) is 31.1 Å². The fourth-order valence-electron chi connectivity index (χ4n) is 8.84. The van der Waals surface area contributed by atoms with E-state index in [1.807, 2.05) is 0 Å². The van der Waals surface area contributed by atoms with Gasteiger partial charge in [0.1, 0.15) is 13.2 Å². The summed E-state index contributed by atoms with van der Waals surface area (Å²) < 4.78 is 16.9. The van der Waals surface area contributed by atoms with Gasteiger partial charge >= 0.3 is 17.9 Å². The van der Waals surface area contributed by atoms with Crippen molar-refractivity contribution in [2.45, 2.75) is 316 Å². The third-order valence-electron chi connectivity index (χ3n) is 13.5. The molecule has 1 atom stereocenters. The van der Waals surface area contributed by atoms with Crippen molar-refractivity contribution in [3.63, 3.8) is 0 Å². The molecular weight excluding hydrogens is 889 g/mol. The number of unbranched alkanes of at least 4 members (excludes halogenated alkanes) is 34. The van der Waals surface area contributed by atoms with E-state index < -0.39 is 6.10 Å². The van der Waals surface area contributed by atoms with Crippen molar-refractivity contribution in [3.8, 4) is 0 Å². The van der Waals surface area contributed by atoms with Gasteiger partial charge in [0.15, 0.2) is 6.10 Å². The Hall–Kier alpha value is -3.15. The molecule has 1 unspecified atom stereocenters. The first kappa shape index (κ1) is 68.8. The summed E-state index contributed by atoms with van der Waals surface area (Å²) in [6.07, 6.45) is 77.5. The third kappa shape index (κ3) is 57.7. The molecule has 416 valence electrons. The van der Waals surface area contributed by atoms with E-state index in [9.17, 15) is 14.4 Å². The van der Waals surface area contributed by atoms with Crippen LogP contribution in [0.4, 0.5) is 0 Å². The highest BCUT2D eigenvalue weighted by molar-refractivity contribution is 5.71. The molecule has 0 aromatic rings. The van der Waals surface area contributed by atoms with Crippen LogP contribution in [0.3, 0.4) is 0 Å². The van der Waals surface area contributed by atoms with Gasteiger partial charge in [-0.05, 0) is 83.5 Å². The van der Waals surface area contributed by atoms with Crippen molar-refractivity contribution in [3.05, 3.63) is 72.9 Å². The smallest absolute Gasteiger partial charge is 0.306 e. The quantitative estimate of drug-likeness (QED) is 0.0199. The molecule has 0 N–H and O–H groups in total. The molecule has 0 spiro atoms. The normalized spacial score (nSPS) is 12.5. The molecule has 0 aliphatic heterocycles. The Morgan fingerprint density at radius 2 is 0.583 bits per heavy atom. The lowest BCUT2D eigenvalue weighted by Crippen LogP contribution is -2.30. The van der Waals surface area contributed by atoms with Crippen LogP contribution in [-0.2, 0) is 28.6 Å². The van der Waals surface area contributed by atoms with E-state index >= 15 is 0 Å². The number of ether oxygens (including phenoxy) is 3. The number of hydrogen-bond donors (Lipinski definition) is 0. The molecule has 0 aliphatic rings. The molecule has 0 saturated carbocycles. The monoisotopic (exact) mass is 1000 g/mol. The zero-order valence-corrected chi connectivity index (χ0v) is 47.7. The highest BCUT2D eigenvalue weighted by Gasteiger charge is 2.19. The number of esters is 3. The maximum atomic E-state index is 12.9. The molecule has 0 aromatic heterocycles. The minimum atomic E-state index is -0.783. The fourth-order valence-corrected chi connectivity index (χ4v) is 8.84. The van der Waals surface area contributed by atoms with Crippen LogP contribution in [0.15, 0.2) is 72.9 Å². The van der Waals surface area contributed by atoms with Crippen LogP contribution in [0.2, 0.25) is 0 Å². The van der Waals surface area contributed by atoms with Crippen molar-refractivity contribution < 1.29 is 28.6 Å². The summed E-state index contributed by atoms with van der Waals surface area (Å²) >= 11 is 0. The van der Waals surface area contributed by atoms with Gasteiger partial charge in [0.2, 0.25) is 0 Å². The van der Waals surface area contributed by atoms with Gasteiger partial charge in [-0.1, -0.05) is 280 Å². The van der Waals surface area contributed by atoms with Crippen LogP contribution in [0.25, 0.3) is 0 Å². The maximum absolute atomic E-state index is 12.9. The molecule has 0 aliphatic carbocycles. The molecule has 0 bridgehead atoms. The summed E-state index contributed by atoms with van der Waals surface area (Å²) in [7, 11) is 0. The van der Waals surface area contributed by atoms with Crippen LogP contribution in [0.1, 0.15) is 310 Å². The first-order valence-electron chi connectivity index (χ1n) is 31.0. The van der Waals surface area contributed by atoms with Crippen molar-refractivity contribution in [2.75, 3.05) is 13.2 Å². The molecule has 0 saturated heterocycles. The molecule has 0 heterocycles. The lowest BCUT2D eigenvalue weighted by Gasteiger charge is -2.18. The first-order chi connectivity index (χ1) is 35.5. The van der Waals surface area contributed by atoms with Crippen LogP contribution in [-0.4, -0.2) is 37.2 Å². The third-order valence-corrected chi connectivity index (χ3v) is 13.5. The van der Waals surface area contributed by atoms with Gasteiger partial charge in [-0.2, -0.15) is 0 Å². The molecule has 0 aromatic carbocycles. The van der Waals surface area contributed by atoms with Gasteiger partial charge in [-0.15, -0.1) is 0 Å². The Balaban J connectivity index is 4.39. The van der Waals surface area contributed by atoms with E-state index in [1.165, 1.54) is 180 Å². The fraction of sp³-hybridized carbons (Fsp3) is 0.773. The largest absolute Gasteiger partial charge is 0.462 e. The van der Waals surface area contributed by atoms with Gasteiger partial charge < -0.3 is 14.2 Å². The average Bonchev–Trinajstić information content (AvgIpc) is 3.38. The Bertz CT molecular complexity index is 1340. The topological polar surface area (TPSA) is 78.9 Å².